The van der Waals surface area contributed by atoms with E-state index in [9.17, 15) is 18.0 Å². The van der Waals surface area contributed by atoms with Crippen molar-refractivity contribution < 1.29 is 22.7 Å². The standard InChI is InChI=1S/C29H34ClN3O5S/c1-6-26(29(35)31-4)32(18-22-12-14-23(38-5)15-13-22)28(34)19-33(27-9-7-8-25(30)21(27)3)39(36,37)24-16-10-20(2)11-17-24/h7-17,26H,6,18-19H2,1-5H3,(H,31,35)/t26-/m1/s1. The van der Waals surface area contributed by atoms with Gasteiger partial charge in [0.1, 0.15) is 18.3 Å². The van der Waals surface area contributed by atoms with E-state index >= 15 is 0 Å². The van der Waals surface area contributed by atoms with Crippen LogP contribution in [0.25, 0.3) is 0 Å². The van der Waals surface area contributed by atoms with E-state index in [0.717, 1.165) is 15.4 Å². The quantitative estimate of drug-likeness (QED) is 0.359. The van der Waals surface area contributed by atoms with E-state index in [4.69, 9.17) is 16.3 Å². The van der Waals surface area contributed by atoms with Crippen molar-refractivity contribution >= 4 is 39.1 Å². The molecule has 0 aliphatic rings. The van der Waals surface area contributed by atoms with E-state index in [2.05, 4.69) is 5.32 Å². The number of amides is 2. The van der Waals surface area contributed by atoms with Gasteiger partial charge in [0, 0.05) is 18.6 Å². The van der Waals surface area contributed by atoms with Crippen LogP contribution in [0.2, 0.25) is 5.02 Å². The van der Waals surface area contributed by atoms with Crippen LogP contribution in [-0.2, 0) is 26.2 Å². The smallest absolute Gasteiger partial charge is 0.264 e. The van der Waals surface area contributed by atoms with Crippen molar-refractivity contribution in [1.82, 2.24) is 10.2 Å². The Morgan fingerprint density at radius 3 is 2.21 bits per heavy atom. The van der Waals surface area contributed by atoms with Crippen LogP contribution < -0.4 is 14.4 Å². The molecule has 0 unspecified atom stereocenters. The second kappa shape index (κ2) is 13.0. The zero-order valence-electron chi connectivity index (χ0n) is 22.8. The number of ether oxygens (including phenoxy) is 1. The molecule has 10 heteroatoms. The molecule has 0 spiro atoms. The van der Waals surface area contributed by atoms with Gasteiger partial charge < -0.3 is 15.0 Å². The monoisotopic (exact) mass is 571 g/mol. The number of hydrogen-bond donors (Lipinski definition) is 1. The van der Waals surface area contributed by atoms with Gasteiger partial charge in [-0.3, -0.25) is 13.9 Å². The molecule has 1 N–H and O–H groups in total. The van der Waals surface area contributed by atoms with E-state index in [1.807, 2.05) is 6.92 Å². The molecule has 3 rings (SSSR count). The molecule has 0 aromatic heterocycles. The summed E-state index contributed by atoms with van der Waals surface area (Å²) in [5.41, 5.74) is 2.47. The van der Waals surface area contributed by atoms with E-state index in [1.54, 1.807) is 75.6 Å². The Morgan fingerprint density at radius 2 is 1.64 bits per heavy atom. The minimum Gasteiger partial charge on any atom is -0.497 e. The minimum atomic E-state index is -4.17. The molecule has 3 aromatic carbocycles. The lowest BCUT2D eigenvalue weighted by atomic mass is 10.1. The predicted molar refractivity (Wildman–Crippen MR) is 154 cm³/mol. The third kappa shape index (κ3) is 6.91. The number of likely N-dealkylation sites (N-methyl/N-ethyl adjacent to an activating group) is 1. The molecule has 208 valence electrons. The topological polar surface area (TPSA) is 96.0 Å². The SMILES string of the molecule is CC[C@H](C(=O)NC)N(Cc1ccc(OC)cc1)C(=O)CN(c1cccc(Cl)c1C)S(=O)(=O)c1ccc(C)cc1. The summed E-state index contributed by atoms with van der Waals surface area (Å²) in [6.45, 7) is 4.94. The van der Waals surface area contributed by atoms with Gasteiger partial charge in [0.2, 0.25) is 11.8 Å². The van der Waals surface area contributed by atoms with Crippen LogP contribution in [-0.4, -0.2) is 51.9 Å². The number of sulfonamides is 1. The number of rotatable bonds is 11. The second-order valence-corrected chi connectivity index (χ2v) is 11.4. The van der Waals surface area contributed by atoms with Crippen LogP contribution in [0, 0.1) is 13.8 Å². The molecule has 0 saturated carbocycles. The van der Waals surface area contributed by atoms with Crippen molar-refractivity contribution in [1.29, 1.82) is 0 Å². The third-order valence-electron chi connectivity index (χ3n) is 6.54. The number of carbonyl (C=O) groups is 2. The summed E-state index contributed by atoms with van der Waals surface area (Å²) in [6.07, 6.45) is 0.336. The van der Waals surface area contributed by atoms with E-state index in [1.165, 1.54) is 24.1 Å². The number of anilines is 1. The summed E-state index contributed by atoms with van der Waals surface area (Å²) in [5, 5.41) is 2.99. The van der Waals surface area contributed by atoms with Gasteiger partial charge in [-0.2, -0.15) is 0 Å². The highest BCUT2D eigenvalue weighted by Crippen LogP contribution is 2.31. The molecule has 0 heterocycles. The molecule has 0 aliphatic heterocycles. The van der Waals surface area contributed by atoms with E-state index in [0.29, 0.717) is 22.8 Å². The Labute approximate surface area is 235 Å². The van der Waals surface area contributed by atoms with Crippen LogP contribution in [0.1, 0.15) is 30.0 Å². The molecule has 0 bridgehead atoms. The number of methoxy groups -OCH3 is 1. The molecule has 0 aliphatic carbocycles. The maximum atomic E-state index is 14.0. The van der Waals surface area contributed by atoms with Crippen molar-refractivity contribution in [2.75, 3.05) is 25.0 Å². The maximum Gasteiger partial charge on any atom is 0.264 e. The molecular weight excluding hydrogens is 538 g/mol. The third-order valence-corrected chi connectivity index (χ3v) is 8.72. The van der Waals surface area contributed by atoms with Gasteiger partial charge in [-0.15, -0.1) is 0 Å². The first-order valence-corrected chi connectivity index (χ1v) is 14.3. The number of nitrogens with zero attached hydrogens (tertiary/aromatic N) is 2. The van der Waals surface area contributed by atoms with Gasteiger partial charge in [-0.1, -0.05) is 54.4 Å². The molecule has 2 amide bonds. The number of halogens is 1. The number of nitrogens with one attached hydrogen (secondary N) is 1. The average molecular weight is 572 g/mol. The van der Waals surface area contributed by atoms with Gasteiger partial charge >= 0.3 is 0 Å². The largest absolute Gasteiger partial charge is 0.497 e. The molecule has 39 heavy (non-hydrogen) atoms. The first-order chi connectivity index (χ1) is 18.5. The molecule has 0 saturated heterocycles. The van der Waals surface area contributed by atoms with Crippen LogP contribution in [0.4, 0.5) is 5.69 Å². The van der Waals surface area contributed by atoms with Crippen molar-refractivity contribution in [2.24, 2.45) is 0 Å². The van der Waals surface area contributed by atoms with Gasteiger partial charge in [-0.25, -0.2) is 8.42 Å². The molecule has 1 atom stereocenters. The summed E-state index contributed by atoms with van der Waals surface area (Å²) in [6, 6.07) is 17.7. The van der Waals surface area contributed by atoms with Crippen LogP contribution in [0.3, 0.4) is 0 Å². The van der Waals surface area contributed by atoms with E-state index in [-0.39, 0.29) is 23.0 Å². The molecule has 0 fully saturated rings. The number of carbonyl (C=O) groups excluding carboxylic acids is 2. The lowest BCUT2D eigenvalue weighted by Gasteiger charge is -2.33. The minimum absolute atomic E-state index is 0.0420. The zero-order valence-corrected chi connectivity index (χ0v) is 24.3. The van der Waals surface area contributed by atoms with Gasteiger partial charge in [0.05, 0.1) is 17.7 Å². The lowest BCUT2D eigenvalue weighted by Crippen LogP contribution is -2.51. The summed E-state index contributed by atoms with van der Waals surface area (Å²) in [5.74, 6) is -0.218. The van der Waals surface area contributed by atoms with Crippen LogP contribution >= 0.6 is 11.6 Å². The zero-order chi connectivity index (χ0) is 28.7. The van der Waals surface area contributed by atoms with Gasteiger partial charge in [-0.05, 0) is 67.8 Å². The van der Waals surface area contributed by atoms with Crippen molar-refractivity contribution in [3.63, 3.8) is 0 Å². The van der Waals surface area contributed by atoms with Crippen LogP contribution in [0.5, 0.6) is 5.75 Å². The van der Waals surface area contributed by atoms with Gasteiger partial charge in [0.25, 0.3) is 10.0 Å². The first kappa shape index (κ1) is 30.0. The highest BCUT2D eigenvalue weighted by molar-refractivity contribution is 7.92. The Kier molecular flexibility index (Phi) is 9.99. The Morgan fingerprint density at radius 1 is 1.00 bits per heavy atom. The number of aryl methyl sites for hydroxylation is 1. The summed E-state index contributed by atoms with van der Waals surface area (Å²) in [7, 11) is -1.10. The maximum absolute atomic E-state index is 14.0. The lowest BCUT2D eigenvalue weighted by molar-refractivity contribution is -0.140. The van der Waals surface area contributed by atoms with E-state index < -0.39 is 28.5 Å². The Hall–Kier alpha value is -3.56. The molecular formula is C29H34ClN3O5S. The average Bonchev–Trinajstić information content (AvgIpc) is 2.93. The number of hydrogen-bond acceptors (Lipinski definition) is 5. The second-order valence-electron chi connectivity index (χ2n) is 9.12. The Bertz CT molecular complexity index is 1410. The summed E-state index contributed by atoms with van der Waals surface area (Å²) >= 11 is 6.36. The highest BCUT2D eigenvalue weighted by atomic mass is 35.5. The fraction of sp³-hybridized carbons (Fsp3) is 0.310. The number of benzene rings is 3. The van der Waals surface area contributed by atoms with Crippen molar-refractivity contribution in [2.45, 2.75) is 44.7 Å². The van der Waals surface area contributed by atoms with Crippen molar-refractivity contribution in [3.8, 4) is 5.75 Å². The Balaban J connectivity index is 2.09. The fourth-order valence-corrected chi connectivity index (χ4v) is 5.87. The molecule has 0 radical (unpaired) electrons. The van der Waals surface area contributed by atoms with Crippen LogP contribution in [0.15, 0.2) is 71.6 Å². The predicted octanol–water partition coefficient (Wildman–Crippen LogP) is 4.71. The molecule has 8 nitrogen and oxygen atoms in total. The highest BCUT2D eigenvalue weighted by Gasteiger charge is 2.34. The summed E-state index contributed by atoms with van der Waals surface area (Å²) in [4.78, 5) is 28.3. The normalized spacial score (nSPS) is 11.9. The molecule has 3 aromatic rings. The fourth-order valence-electron chi connectivity index (χ4n) is 4.23. The van der Waals surface area contributed by atoms with Crippen molar-refractivity contribution in [3.05, 3.63) is 88.4 Å². The first-order valence-electron chi connectivity index (χ1n) is 12.5. The summed E-state index contributed by atoms with van der Waals surface area (Å²) < 4.78 is 34.2. The van der Waals surface area contributed by atoms with Gasteiger partial charge in [0.15, 0.2) is 0 Å².